The molecule has 0 bridgehead atoms. The Labute approximate surface area is 158 Å². The van der Waals surface area contributed by atoms with Crippen LogP contribution in [0.1, 0.15) is 74.3 Å². The topological polar surface area (TPSA) is 0 Å². The van der Waals surface area contributed by atoms with Crippen LogP contribution in [-0.4, -0.2) is 84.1 Å². The zero-order valence-corrected chi connectivity index (χ0v) is 5.77. The lowest BCUT2D eigenvalue weighted by Gasteiger charge is -0.0786. The molecular formula is C10H40B10. The maximum absolute atomic E-state index is 0. The van der Waals surface area contributed by atoms with E-state index in [-0.39, 0.29) is 158 Å². The average Bonchev–Trinajstić information content (AvgIpc) is 0. The van der Waals surface area contributed by atoms with E-state index in [0.717, 1.165) is 0 Å². The summed E-state index contributed by atoms with van der Waals surface area (Å²) in [5.74, 6) is 0. The molecule has 0 unspecified atom stereocenters. The van der Waals surface area contributed by atoms with E-state index in [9.17, 15) is 0 Å². The van der Waals surface area contributed by atoms with Crippen molar-refractivity contribution in [1.82, 2.24) is 0 Å². The molecule has 0 heterocycles. The molecule has 0 aliphatic carbocycles. The van der Waals surface area contributed by atoms with E-state index in [1.54, 1.807) is 0 Å². The molecule has 0 saturated carbocycles. The monoisotopic (exact) mass is 270 g/mol. The summed E-state index contributed by atoms with van der Waals surface area (Å²) in [4.78, 5) is 0. The van der Waals surface area contributed by atoms with Gasteiger partial charge in [0.25, 0.3) is 0 Å². The summed E-state index contributed by atoms with van der Waals surface area (Å²) in [6.45, 7) is 0. The van der Waals surface area contributed by atoms with Crippen molar-refractivity contribution in [2.75, 3.05) is 0 Å². The Morgan fingerprint density at radius 1 is 0.100 bits per heavy atom. The molecule has 0 aliphatic heterocycles. The second kappa shape index (κ2) is 16200. The van der Waals surface area contributed by atoms with E-state index >= 15 is 0 Å². The lowest BCUT2D eigenvalue weighted by molar-refractivity contribution is 2.50. The highest BCUT2D eigenvalue weighted by atomic mass is 12.0. The van der Waals surface area contributed by atoms with E-state index in [1.165, 1.54) is 0 Å². The lowest BCUT2D eigenvalue weighted by atomic mass is 10.8. The average molecular weight is 269 g/mol. The standard InChI is InChI=1S/10CH4.10B/h10*1H4;;;;;;;;;;. The first-order valence-corrected chi connectivity index (χ1v) is 0. The van der Waals surface area contributed by atoms with E-state index in [0.29, 0.717) is 0 Å². The first-order valence-electron chi connectivity index (χ1n) is 0. The molecule has 0 rings (SSSR count). The SMILES string of the molecule is C.C.C.C.C.C.C.C.C.C.[B].[B].[B].[B].[B].[B].[B].[B].[B].[B]. The van der Waals surface area contributed by atoms with Crippen LogP contribution in [0, 0.1) is 0 Å². The Morgan fingerprint density at radius 2 is 0.100 bits per heavy atom. The predicted molar refractivity (Wildman–Crippen MR) is 125 cm³/mol. The van der Waals surface area contributed by atoms with E-state index < -0.39 is 0 Å². The van der Waals surface area contributed by atoms with Crippen molar-refractivity contribution in [3.05, 3.63) is 0 Å². The van der Waals surface area contributed by atoms with Crippen LogP contribution in [-0.2, 0) is 0 Å². The van der Waals surface area contributed by atoms with Gasteiger partial charge in [-0.05, 0) is 0 Å². The van der Waals surface area contributed by atoms with Gasteiger partial charge in [0, 0.05) is 84.1 Å². The van der Waals surface area contributed by atoms with Crippen molar-refractivity contribution in [3.63, 3.8) is 0 Å². The zero-order chi connectivity index (χ0) is 0. The van der Waals surface area contributed by atoms with Gasteiger partial charge in [-0.15, -0.1) is 0 Å². The molecule has 0 spiro atoms. The van der Waals surface area contributed by atoms with Gasteiger partial charge in [0.05, 0.1) is 0 Å². The minimum Gasteiger partial charge on any atom is -0.0776 e. The molecule has 0 N–H and O–H groups in total. The molecule has 30 radical (unpaired) electrons. The Hall–Kier alpha value is 0.649. The Kier molecular flexibility index (Phi) is 15300000. The summed E-state index contributed by atoms with van der Waals surface area (Å²) < 4.78 is 0. The molecule has 0 aromatic heterocycles. The van der Waals surface area contributed by atoms with Crippen molar-refractivity contribution >= 4 is 84.1 Å². The van der Waals surface area contributed by atoms with E-state index in [4.69, 9.17) is 0 Å². The Morgan fingerprint density at radius 3 is 0.100 bits per heavy atom. The first kappa shape index (κ1) is 18900. The number of rotatable bonds is 0. The van der Waals surface area contributed by atoms with Crippen molar-refractivity contribution in [2.24, 2.45) is 0 Å². The third-order valence-corrected chi connectivity index (χ3v) is 0. The third kappa shape index (κ3) is 13800. The van der Waals surface area contributed by atoms with Gasteiger partial charge in [0.2, 0.25) is 0 Å². The summed E-state index contributed by atoms with van der Waals surface area (Å²) in [6, 6.07) is 0. The summed E-state index contributed by atoms with van der Waals surface area (Å²) in [5, 5.41) is 0. The molecule has 0 nitrogen and oxygen atoms in total. The molecule has 10 heteroatoms. The highest BCUT2D eigenvalue weighted by Crippen LogP contribution is 0.153. The minimum absolute atomic E-state index is 0. The van der Waals surface area contributed by atoms with Crippen molar-refractivity contribution < 1.29 is 0 Å². The second-order valence-electron chi connectivity index (χ2n) is 0. The summed E-state index contributed by atoms with van der Waals surface area (Å²) in [7, 11) is 0. The van der Waals surface area contributed by atoms with Gasteiger partial charge < -0.3 is 0 Å². The third-order valence-electron chi connectivity index (χ3n) is 0. The zero-order valence-electron chi connectivity index (χ0n) is 5.77. The Bertz CT molecular complexity index is 20.0. The van der Waals surface area contributed by atoms with Gasteiger partial charge >= 0.3 is 0 Å². The van der Waals surface area contributed by atoms with Crippen LogP contribution in [0.25, 0.3) is 0 Å². The molecule has 0 fully saturated rings. The van der Waals surface area contributed by atoms with Gasteiger partial charge in [-0.3, -0.25) is 0 Å². The molecule has 0 aliphatic rings. The van der Waals surface area contributed by atoms with Crippen LogP contribution >= 0.6 is 0 Å². The summed E-state index contributed by atoms with van der Waals surface area (Å²) in [5.41, 5.74) is 0. The second-order valence-corrected chi connectivity index (χ2v) is 0. The lowest BCUT2D eigenvalue weighted by Crippen LogP contribution is -0.382. The molecule has 0 aromatic carbocycles. The van der Waals surface area contributed by atoms with E-state index in [1.807, 2.05) is 0 Å². The van der Waals surface area contributed by atoms with Crippen molar-refractivity contribution in [2.45, 2.75) is 74.3 Å². The molecular weight excluding hydrogens is 228 g/mol. The summed E-state index contributed by atoms with van der Waals surface area (Å²) >= 11 is 0. The van der Waals surface area contributed by atoms with Crippen molar-refractivity contribution in [1.29, 1.82) is 0 Å². The summed E-state index contributed by atoms with van der Waals surface area (Å²) in [6.07, 6.45) is 0. The fraction of sp³-hybridized carbons (Fsp3) is 1.00. The maximum Gasteiger partial charge on any atom is 0 e. The van der Waals surface area contributed by atoms with E-state index in [2.05, 4.69) is 0 Å². The van der Waals surface area contributed by atoms with Gasteiger partial charge in [-0.1, -0.05) is 74.3 Å². The predicted octanol–water partition coefficient (Wildman–Crippen LogP) is 2.55. The smallest absolute Gasteiger partial charge is 0 e. The normalized spacial score (nSPS) is 0. The molecule has 0 aromatic rings. The van der Waals surface area contributed by atoms with Crippen LogP contribution in [0.2, 0.25) is 0 Å². The van der Waals surface area contributed by atoms with Gasteiger partial charge in [-0.2, -0.15) is 0 Å². The fourth-order valence-corrected chi connectivity index (χ4v) is 0. The van der Waals surface area contributed by atoms with Crippen molar-refractivity contribution in [3.8, 4) is 0 Å². The quantitative estimate of drug-likeness (QED) is 0.592. The molecule has 110 valence electrons. The molecule has 0 amide bonds. The van der Waals surface area contributed by atoms with Crippen LogP contribution in [0.15, 0.2) is 0 Å². The number of hydrogen-bond acceptors (Lipinski definition) is 0. The number of hydrogen-bond donors (Lipinski definition) is 0. The van der Waals surface area contributed by atoms with Crippen LogP contribution in [0.5, 0.6) is 0 Å². The highest BCUT2D eigenvalue weighted by Gasteiger charge is 0.0103. The van der Waals surface area contributed by atoms with Crippen LogP contribution < -0.4 is 0 Å². The van der Waals surface area contributed by atoms with Gasteiger partial charge in [-0.25, -0.2) is 0 Å². The molecule has 0 saturated heterocycles. The molecule has 0 atom stereocenters. The van der Waals surface area contributed by atoms with Gasteiger partial charge in [0.15, 0.2) is 0 Å². The minimum atomic E-state index is 0. The molecule has 20 heavy (non-hydrogen) atoms. The van der Waals surface area contributed by atoms with Crippen LogP contribution in [0.3, 0.4) is 0 Å². The largest absolute Gasteiger partial charge is 0.0776 e. The Balaban J connectivity index is 0. The maximum atomic E-state index is 0. The first-order chi connectivity index (χ1) is 0. The highest BCUT2D eigenvalue weighted by molar-refractivity contribution is 5.76. The fourth-order valence-electron chi connectivity index (χ4n) is 0. The van der Waals surface area contributed by atoms with Crippen LogP contribution in [0.4, 0.5) is 0 Å². The van der Waals surface area contributed by atoms with Gasteiger partial charge in [0.1, 0.15) is 0 Å².